The molecule has 1 aliphatic rings. The lowest BCUT2D eigenvalue weighted by Gasteiger charge is -2.30. The maximum absolute atomic E-state index is 13.4. The van der Waals surface area contributed by atoms with Crippen molar-refractivity contribution in [1.29, 1.82) is 0 Å². The van der Waals surface area contributed by atoms with Crippen LogP contribution in [0.2, 0.25) is 0 Å². The fourth-order valence-corrected chi connectivity index (χ4v) is 4.00. The summed E-state index contributed by atoms with van der Waals surface area (Å²) < 4.78 is 16.6. The van der Waals surface area contributed by atoms with Gasteiger partial charge in [0.05, 0.1) is 5.56 Å². The molecule has 0 atom stereocenters. The van der Waals surface area contributed by atoms with Crippen LogP contribution >= 0.6 is 0 Å². The molecule has 2 N–H and O–H groups in total. The molecule has 0 unspecified atom stereocenters. The van der Waals surface area contributed by atoms with E-state index in [1.165, 1.54) is 28.8 Å². The average Bonchev–Trinajstić information content (AvgIpc) is 3.24. The minimum atomic E-state index is -0.815. The van der Waals surface area contributed by atoms with Crippen LogP contribution in [-0.4, -0.2) is 32.4 Å². The van der Waals surface area contributed by atoms with E-state index in [1.807, 2.05) is 17.0 Å². The van der Waals surface area contributed by atoms with Crippen LogP contribution in [-0.2, 0) is 18.5 Å². The summed E-state index contributed by atoms with van der Waals surface area (Å²) in [7, 11) is 0. The number of nitrogens with zero attached hydrogens (tertiary/aromatic N) is 3. The van der Waals surface area contributed by atoms with Crippen molar-refractivity contribution < 1.29 is 14.0 Å². The zero-order chi connectivity index (χ0) is 23.2. The number of halogens is 1. The first kappa shape index (κ1) is 21.5. The molecule has 0 radical (unpaired) electrons. The molecular weight excluding hydrogens is 411 g/mol. The Morgan fingerprint density at radius 3 is 2.34 bits per heavy atom. The van der Waals surface area contributed by atoms with Crippen LogP contribution in [0, 0.1) is 5.82 Å². The Labute approximate surface area is 184 Å². The Hall–Kier alpha value is -3.68. The maximum Gasteiger partial charge on any atom is 0.268 e. The Balaban J connectivity index is 1.73. The zero-order valence-electron chi connectivity index (χ0n) is 18.3. The number of pyridine rings is 1. The Morgan fingerprint density at radius 1 is 1.06 bits per heavy atom. The smallest absolute Gasteiger partial charge is 0.268 e. The third-order valence-corrected chi connectivity index (χ3v) is 5.75. The lowest BCUT2D eigenvalue weighted by atomic mass is 9.95. The van der Waals surface area contributed by atoms with E-state index in [9.17, 15) is 18.8 Å². The topological polar surface area (TPSA) is 90.3 Å². The third kappa shape index (κ3) is 3.84. The predicted octanol–water partition coefficient (Wildman–Crippen LogP) is 2.83. The lowest BCUT2D eigenvalue weighted by molar-refractivity contribution is 0.0734. The molecule has 4 rings (SSSR count). The number of carbonyl (C=O) groups is 2. The number of nitrogens with two attached hydrogens (primary N) is 1. The van der Waals surface area contributed by atoms with Crippen molar-refractivity contribution in [3.05, 3.63) is 87.3 Å². The number of fused-ring (bicyclic) bond motifs is 1. The van der Waals surface area contributed by atoms with Gasteiger partial charge in [-0.25, -0.2) is 4.39 Å². The summed E-state index contributed by atoms with van der Waals surface area (Å²) in [4.78, 5) is 39.9. The van der Waals surface area contributed by atoms with E-state index >= 15 is 0 Å². The van der Waals surface area contributed by atoms with E-state index in [-0.39, 0.29) is 23.6 Å². The minimum Gasteiger partial charge on any atom is -0.365 e. The molecule has 0 spiro atoms. The highest BCUT2D eigenvalue weighted by atomic mass is 19.1. The first-order valence-electron chi connectivity index (χ1n) is 10.4. The first-order chi connectivity index (χ1) is 15.1. The average molecular weight is 436 g/mol. The van der Waals surface area contributed by atoms with Crippen LogP contribution in [0.25, 0.3) is 5.69 Å². The molecule has 3 heterocycles. The molecule has 166 valence electrons. The quantitative estimate of drug-likeness (QED) is 0.685. The SMILES string of the molecule is CC(C)(C)n1ccc(C(=O)N2CCc3c(cn(-c4ccc(F)cc4)c(=O)c3C(N)=O)C2)c1. The standard InChI is InChI=1S/C24H25FN4O3/c1-24(2,3)28-11-8-15(13-28)22(31)27-10-9-19-16(12-27)14-29(23(32)20(19)21(26)30)18-6-4-17(25)5-7-18/h4-8,11,13-14H,9-10,12H2,1-3H3,(H2,26,30). The van der Waals surface area contributed by atoms with Crippen molar-refractivity contribution in [2.75, 3.05) is 6.54 Å². The number of primary amides is 1. The van der Waals surface area contributed by atoms with Crippen molar-refractivity contribution in [2.45, 2.75) is 39.3 Å². The lowest BCUT2D eigenvalue weighted by Crippen LogP contribution is -2.40. The molecule has 1 aliphatic heterocycles. The summed E-state index contributed by atoms with van der Waals surface area (Å²) in [5.41, 5.74) is 6.98. The highest BCUT2D eigenvalue weighted by Crippen LogP contribution is 2.24. The molecule has 0 fully saturated rings. The summed E-state index contributed by atoms with van der Waals surface area (Å²) in [6, 6.07) is 7.17. The third-order valence-electron chi connectivity index (χ3n) is 5.75. The fraction of sp³-hybridized carbons (Fsp3) is 0.292. The number of hydrogen-bond acceptors (Lipinski definition) is 3. The molecule has 0 saturated heterocycles. The number of amides is 2. The summed E-state index contributed by atoms with van der Waals surface area (Å²) in [6.07, 6.45) is 5.66. The summed E-state index contributed by atoms with van der Waals surface area (Å²) in [6.45, 7) is 6.76. The summed E-state index contributed by atoms with van der Waals surface area (Å²) in [5.74, 6) is -1.38. The number of benzene rings is 1. The molecule has 0 bridgehead atoms. The maximum atomic E-state index is 13.4. The Morgan fingerprint density at radius 2 is 1.75 bits per heavy atom. The second-order valence-corrected chi connectivity index (χ2v) is 8.98. The zero-order valence-corrected chi connectivity index (χ0v) is 18.3. The van der Waals surface area contributed by atoms with Crippen LogP contribution in [0.4, 0.5) is 4.39 Å². The minimum absolute atomic E-state index is 0.0854. The van der Waals surface area contributed by atoms with Gasteiger partial charge in [0.25, 0.3) is 17.4 Å². The highest BCUT2D eigenvalue weighted by molar-refractivity contribution is 5.96. The van der Waals surface area contributed by atoms with E-state index in [2.05, 4.69) is 20.8 Å². The molecule has 8 heteroatoms. The van der Waals surface area contributed by atoms with Gasteiger partial charge in [-0.1, -0.05) is 0 Å². The molecule has 3 aromatic rings. The number of carbonyl (C=O) groups excluding carboxylic acids is 2. The van der Waals surface area contributed by atoms with Gasteiger partial charge >= 0.3 is 0 Å². The molecule has 7 nitrogen and oxygen atoms in total. The van der Waals surface area contributed by atoms with Crippen molar-refractivity contribution >= 4 is 11.8 Å². The van der Waals surface area contributed by atoms with Crippen molar-refractivity contribution in [3.63, 3.8) is 0 Å². The van der Waals surface area contributed by atoms with E-state index in [1.54, 1.807) is 17.2 Å². The second kappa shape index (κ2) is 7.78. The molecule has 0 saturated carbocycles. The molecule has 0 aliphatic carbocycles. The van der Waals surface area contributed by atoms with Crippen LogP contribution < -0.4 is 11.3 Å². The fourth-order valence-electron chi connectivity index (χ4n) is 4.00. The normalized spacial score (nSPS) is 13.7. The van der Waals surface area contributed by atoms with Gasteiger partial charge in [-0.15, -0.1) is 0 Å². The first-order valence-corrected chi connectivity index (χ1v) is 10.4. The van der Waals surface area contributed by atoms with Crippen molar-refractivity contribution in [1.82, 2.24) is 14.0 Å². The number of hydrogen-bond donors (Lipinski definition) is 1. The van der Waals surface area contributed by atoms with E-state index in [0.29, 0.717) is 35.3 Å². The van der Waals surface area contributed by atoms with Crippen LogP contribution in [0.15, 0.2) is 53.7 Å². The second-order valence-electron chi connectivity index (χ2n) is 8.98. The van der Waals surface area contributed by atoms with Gasteiger partial charge in [-0.05, 0) is 68.7 Å². The van der Waals surface area contributed by atoms with Crippen LogP contribution in [0.5, 0.6) is 0 Å². The molecule has 1 aromatic carbocycles. The van der Waals surface area contributed by atoms with Gasteiger partial charge in [0.2, 0.25) is 0 Å². The summed E-state index contributed by atoms with van der Waals surface area (Å²) in [5, 5.41) is 0. The van der Waals surface area contributed by atoms with Gasteiger partial charge in [-0.3, -0.25) is 19.0 Å². The van der Waals surface area contributed by atoms with Crippen LogP contribution in [0.1, 0.15) is 52.6 Å². The Bertz CT molecular complexity index is 1270. The van der Waals surface area contributed by atoms with E-state index in [0.717, 1.165) is 0 Å². The van der Waals surface area contributed by atoms with E-state index in [4.69, 9.17) is 5.73 Å². The highest BCUT2D eigenvalue weighted by Gasteiger charge is 2.28. The van der Waals surface area contributed by atoms with Gasteiger partial charge in [0.15, 0.2) is 0 Å². The number of aromatic nitrogens is 2. The molecule has 2 amide bonds. The van der Waals surface area contributed by atoms with Gasteiger partial charge in [-0.2, -0.15) is 0 Å². The van der Waals surface area contributed by atoms with Gasteiger partial charge in [0.1, 0.15) is 11.4 Å². The van der Waals surface area contributed by atoms with Crippen molar-refractivity contribution in [2.24, 2.45) is 5.73 Å². The largest absolute Gasteiger partial charge is 0.365 e. The number of rotatable bonds is 3. The molecule has 2 aromatic heterocycles. The molecular formula is C24H25FN4O3. The van der Waals surface area contributed by atoms with Gasteiger partial charge < -0.3 is 15.2 Å². The Kier molecular flexibility index (Phi) is 5.24. The van der Waals surface area contributed by atoms with E-state index < -0.39 is 17.3 Å². The van der Waals surface area contributed by atoms with Crippen LogP contribution in [0.3, 0.4) is 0 Å². The van der Waals surface area contributed by atoms with Gasteiger partial charge in [0, 0.05) is 42.9 Å². The van der Waals surface area contributed by atoms with Crippen molar-refractivity contribution in [3.8, 4) is 5.69 Å². The predicted molar refractivity (Wildman–Crippen MR) is 118 cm³/mol. The monoisotopic (exact) mass is 436 g/mol. The molecule has 32 heavy (non-hydrogen) atoms. The summed E-state index contributed by atoms with van der Waals surface area (Å²) >= 11 is 0.